The van der Waals surface area contributed by atoms with E-state index in [0.29, 0.717) is 19.3 Å². The Bertz CT molecular complexity index is 329. The molecule has 1 fully saturated rings. The lowest BCUT2D eigenvalue weighted by Gasteiger charge is -2.15. The van der Waals surface area contributed by atoms with Crippen molar-refractivity contribution in [2.75, 3.05) is 13.2 Å². The Balaban J connectivity index is 1.61. The van der Waals surface area contributed by atoms with Gasteiger partial charge in [-0.05, 0) is 37.1 Å². The number of hydrogen-bond acceptors (Lipinski definition) is 2. The minimum absolute atomic E-state index is 0.459. The van der Waals surface area contributed by atoms with Gasteiger partial charge in [-0.25, -0.2) is 0 Å². The number of benzene rings is 1. The lowest BCUT2D eigenvalue weighted by Crippen LogP contribution is -2.16. The summed E-state index contributed by atoms with van der Waals surface area (Å²) < 4.78 is 12.6. The third-order valence-corrected chi connectivity index (χ3v) is 3.85. The molecule has 1 aromatic rings. The number of rotatable bonds is 5. The Kier molecular flexibility index (Phi) is 6.01. The molecule has 0 saturated heterocycles. The van der Waals surface area contributed by atoms with Gasteiger partial charge in [0.1, 0.15) is 12.4 Å². The summed E-state index contributed by atoms with van der Waals surface area (Å²) in [7, 11) is 0. The summed E-state index contributed by atoms with van der Waals surface area (Å²) in [5.74, 6) is 0.905. The second-order valence-corrected chi connectivity index (χ2v) is 5.70. The molecule has 3 heteroatoms. The SMILES string of the molecule is Brc1ccc(OCCOC2CCCCCC2)cc1. The highest BCUT2D eigenvalue weighted by Gasteiger charge is 2.11. The van der Waals surface area contributed by atoms with Crippen LogP contribution >= 0.6 is 15.9 Å². The highest BCUT2D eigenvalue weighted by Crippen LogP contribution is 2.20. The number of ether oxygens (including phenoxy) is 2. The predicted molar refractivity (Wildman–Crippen MR) is 77.1 cm³/mol. The largest absolute Gasteiger partial charge is 0.491 e. The number of halogens is 1. The van der Waals surface area contributed by atoms with E-state index < -0.39 is 0 Å². The monoisotopic (exact) mass is 312 g/mol. The van der Waals surface area contributed by atoms with Gasteiger partial charge < -0.3 is 9.47 Å². The zero-order valence-corrected chi connectivity index (χ0v) is 12.3. The van der Waals surface area contributed by atoms with Crippen molar-refractivity contribution >= 4 is 15.9 Å². The Morgan fingerprint density at radius 2 is 1.61 bits per heavy atom. The third-order valence-electron chi connectivity index (χ3n) is 3.32. The van der Waals surface area contributed by atoms with Crippen LogP contribution in [-0.2, 0) is 4.74 Å². The van der Waals surface area contributed by atoms with Crippen molar-refractivity contribution in [1.29, 1.82) is 0 Å². The molecule has 1 aliphatic rings. The van der Waals surface area contributed by atoms with E-state index in [1.807, 2.05) is 24.3 Å². The first-order valence-corrected chi connectivity index (χ1v) is 7.64. The van der Waals surface area contributed by atoms with E-state index in [1.54, 1.807) is 0 Å². The molecule has 0 spiro atoms. The van der Waals surface area contributed by atoms with Crippen LogP contribution in [0.3, 0.4) is 0 Å². The molecule has 0 atom stereocenters. The van der Waals surface area contributed by atoms with E-state index >= 15 is 0 Å². The van der Waals surface area contributed by atoms with Crippen LogP contribution in [0, 0.1) is 0 Å². The van der Waals surface area contributed by atoms with E-state index in [0.717, 1.165) is 10.2 Å². The first-order valence-electron chi connectivity index (χ1n) is 6.84. The normalized spacial score (nSPS) is 17.4. The van der Waals surface area contributed by atoms with Crippen LogP contribution in [0.15, 0.2) is 28.7 Å². The fourth-order valence-corrected chi connectivity index (χ4v) is 2.58. The van der Waals surface area contributed by atoms with Crippen LogP contribution < -0.4 is 4.74 Å². The summed E-state index contributed by atoms with van der Waals surface area (Å²) in [5.41, 5.74) is 0. The van der Waals surface area contributed by atoms with E-state index in [2.05, 4.69) is 15.9 Å². The van der Waals surface area contributed by atoms with Crippen molar-refractivity contribution in [1.82, 2.24) is 0 Å². The fourth-order valence-electron chi connectivity index (χ4n) is 2.31. The van der Waals surface area contributed by atoms with E-state index in [1.165, 1.54) is 38.5 Å². The summed E-state index contributed by atoms with van der Waals surface area (Å²) in [5, 5.41) is 0. The first-order chi connectivity index (χ1) is 8.84. The van der Waals surface area contributed by atoms with Crippen molar-refractivity contribution < 1.29 is 9.47 Å². The van der Waals surface area contributed by atoms with Crippen molar-refractivity contribution in [2.45, 2.75) is 44.6 Å². The average Bonchev–Trinajstić information content (AvgIpc) is 2.65. The second kappa shape index (κ2) is 7.80. The summed E-state index contributed by atoms with van der Waals surface area (Å²) in [6.07, 6.45) is 8.28. The van der Waals surface area contributed by atoms with Gasteiger partial charge in [-0.3, -0.25) is 0 Å². The smallest absolute Gasteiger partial charge is 0.119 e. The Labute approximate surface area is 118 Å². The van der Waals surface area contributed by atoms with Gasteiger partial charge >= 0.3 is 0 Å². The van der Waals surface area contributed by atoms with E-state index in [-0.39, 0.29) is 0 Å². The third kappa shape index (κ3) is 4.99. The summed E-state index contributed by atoms with van der Waals surface area (Å²) in [6, 6.07) is 7.91. The van der Waals surface area contributed by atoms with Crippen molar-refractivity contribution in [3.8, 4) is 5.75 Å². The quantitative estimate of drug-likeness (QED) is 0.586. The van der Waals surface area contributed by atoms with Crippen LogP contribution in [-0.4, -0.2) is 19.3 Å². The van der Waals surface area contributed by atoms with Crippen LogP contribution in [0.25, 0.3) is 0 Å². The zero-order chi connectivity index (χ0) is 12.6. The molecule has 0 unspecified atom stereocenters. The van der Waals surface area contributed by atoms with Crippen LogP contribution in [0.5, 0.6) is 5.75 Å². The molecule has 2 nitrogen and oxygen atoms in total. The predicted octanol–water partition coefficient (Wildman–Crippen LogP) is 4.57. The molecular weight excluding hydrogens is 292 g/mol. The zero-order valence-electron chi connectivity index (χ0n) is 10.7. The Morgan fingerprint density at radius 1 is 0.944 bits per heavy atom. The van der Waals surface area contributed by atoms with Gasteiger partial charge in [0.15, 0.2) is 0 Å². The van der Waals surface area contributed by atoms with Crippen molar-refractivity contribution in [3.05, 3.63) is 28.7 Å². The van der Waals surface area contributed by atoms with Gasteiger partial charge in [0, 0.05) is 4.47 Å². The molecule has 0 amide bonds. The Morgan fingerprint density at radius 3 is 2.28 bits per heavy atom. The second-order valence-electron chi connectivity index (χ2n) is 4.79. The molecule has 0 bridgehead atoms. The summed E-state index contributed by atoms with van der Waals surface area (Å²) in [6.45, 7) is 1.33. The van der Waals surface area contributed by atoms with Crippen LogP contribution in [0.2, 0.25) is 0 Å². The van der Waals surface area contributed by atoms with Gasteiger partial charge in [0.2, 0.25) is 0 Å². The maximum absolute atomic E-state index is 5.87. The van der Waals surface area contributed by atoms with Crippen LogP contribution in [0.4, 0.5) is 0 Å². The lowest BCUT2D eigenvalue weighted by molar-refractivity contribution is 0.0254. The number of hydrogen-bond donors (Lipinski definition) is 0. The van der Waals surface area contributed by atoms with Gasteiger partial charge in [-0.15, -0.1) is 0 Å². The van der Waals surface area contributed by atoms with E-state index in [9.17, 15) is 0 Å². The van der Waals surface area contributed by atoms with Gasteiger partial charge in [0.05, 0.1) is 12.7 Å². The summed E-state index contributed by atoms with van der Waals surface area (Å²) >= 11 is 3.41. The summed E-state index contributed by atoms with van der Waals surface area (Å²) in [4.78, 5) is 0. The van der Waals surface area contributed by atoms with Gasteiger partial charge in [0.25, 0.3) is 0 Å². The minimum atomic E-state index is 0.459. The molecule has 1 saturated carbocycles. The maximum Gasteiger partial charge on any atom is 0.119 e. The molecule has 2 rings (SSSR count). The van der Waals surface area contributed by atoms with Gasteiger partial charge in [-0.2, -0.15) is 0 Å². The topological polar surface area (TPSA) is 18.5 Å². The molecule has 0 aromatic heterocycles. The molecule has 0 radical (unpaired) electrons. The van der Waals surface area contributed by atoms with Gasteiger partial charge in [-0.1, -0.05) is 41.6 Å². The molecule has 18 heavy (non-hydrogen) atoms. The average molecular weight is 313 g/mol. The fraction of sp³-hybridized carbons (Fsp3) is 0.600. The molecule has 0 N–H and O–H groups in total. The van der Waals surface area contributed by atoms with E-state index in [4.69, 9.17) is 9.47 Å². The van der Waals surface area contributed by atoms with Crippen molar-refractivity contribution in [2.24, 2.45) is 0 Å². The molecule has 0 aliphatic heterocycles. The minimum Gasteiger partial charge on any atom is -0.491 e. The van der Waals surface area contributed by atoms with Crippen LogP contribution in [0.1, 0.15) is 38.5 Å². The molecule has 1 aromatic carbocycles. The molecule has 1 aliphatic carbocycles. The lowest BCUT2D eigenvalue weighted by atomic mass is 10.1. The highest BCUT2D eigenvalue weighted by atomic mass is 79.9. The Hall–Kier alpha value is -0.540. The van der Waals surface area contributed by atoms with Crippen molar-refractivity contribution in [3.63, 3.8) is 0 Å². The first kappa shape index (κ1) is 13.9. The highest BCUT2D eigenvalue weighted by molar-refractivity contribution is 9.10. The maximum atomic E-state index is 5.87. The molecular formula is C15H21BrO2. The standard InChI is InChI=1S/C15H21BrO2/c16-13-7-9-15(10-8-13)18-12-11-17-14-5-3-1-2-4-6-14/h7-10,14H,1-6,11-12H2. The molecule has 0 heterocycles. The molecule has 100 valence electrons.